The highest BCUT2D eigenvalue weighted by molar-refractivity contribution is 6.31. The Morgan fingerprint density at radius 2 is 1.62 bits per heavy atom. The van der Waals surface area contributed by atoms with Gasteiger partial charge in [0.05, 0.1) is 23.0 Å². The van der Waals surface area contributed by atoms with E-state index in [4.69, 9.17) is 16.3 Å². The van der Waals surface area contributed by atoms with Crippen molar-refractivity contribution in [1.82, 2.24) is 19.1 Å². The summed E-state index contributed by atoms with van der Waals surface area (Å²) in [5, 5.41) is 30.2. The van der Waals surface area contributed by atoms with Gasteiger partial charge in [0.2, 0.25) is 0 Å². The number of halogens is 4. The van der Waals surface area contributed by atoms with Gasteiger partial charge in [-0.25, -0.2) is 23.1 Å². The van der Waals surface area contributed by atoms with E-state index >= 15 is 0 Å². The molecule has 210 valence electrons. The molecule has 4 heterocycles. The molecule has 4 aromatic rings. The van der Waals surface area contributed by atoms with Crippen LogP contribution in [0, 0.1) is 31.3 Å². The topological polar surface area (TPSA) is 140 Å². The summed E-state index contributed by atoms with van der Waals surface area (Å²) in [6.45, 7) is 5.58. The fourth-order valence-electron chi connectivity index (χ4n) is 4.03. The quantitative estimate of drug-likeness (QED) is 0.297. The Hall–Kier alpha value is -4.04. The minimum atomic E-state index is -3.42. The van der Waals surface area contributed by atoms with Crippen molar-refractivity contribution in [2.24, 2.45) is 0 Å². The van der Waals surface area contributed by atoms with Crippen LogP contribution in [0.25, 0.3) is 11.5 Å². The number of hydrogen-bond donors (Lipinski definition) is 3. The number of pyridine rings is 4. The second-order valence-electron chi connectivity index (χ2n) is 9.40. The molecule has 0 bridgehead atoms. The van der Waals surface area contributed by atoms with Gasteiger partial charge in [-0.05, 0) is 39.3 Å². The molecule has 0 saturated carbocycles. The molecule has 0 aliphatic rings. The lowest BCUT2D eigenvalue weighted by Crippen LogP contribution is -2.36. The Morgan fingerprint density at radius 1 is 0.950 bits per heavy atom. The molecule has 0 aliphatic heterocycles. The average molecular weight is 579 g/mol. The number of aryl methyl sites for hydroxylation is 2. The SMILES string of the molecule is Cc1cnc(-n2ccc(F)c(C(C)(C)O)c2=O)cc1-n1c(C)cc(OC(O)(O)c2ncc(F)cc2F)c(Cl)c1=O. The van der Waals surface area contributed by atoms with Gasteiger partial charge in [0.15, 0.2) is 17.3 Å². The maximum Gasteiger partial charge on any atom is 0.372 e. The van der Waals surface area contributed by atoms with Crippen molar-refractivity contribution in [2.45, 2.75) is 39.3 Å². The Kier molecular flexibility index (Phi) is 7.36. The number of ether oxygens (including phenoxy) is 1. The van der Waals surface area contributed by atoms with E-state index in [9.17, 15) is 38.1 Å². The molecule has 0 spiro atoms. The van der Waals surface area contributed by atoms with Gasteiger partial charge in [-0.3, -0.25) is 18.7 Å². The van der Waals surface area contributed by atoms with Gasteiger partial charge >= 0.3 is 5.97 Å². The van der Waals surface area contributed by atoms with Crippen LogP contribution >= 0.6 is 11.6 Å². The second kappa shape index (κ2) is 10.2. The first-order chi connectivity index (χ1) is 18.5. The van der Waals surface area contributed by atoms with E-state index in [0.29, 0.717) is 17.8 Å². The smallest absolute Gasteiger partial charge is 0.372 e. The summed E-state index contributed by atoms with van der Waals surface area (Å²) in [5.41, 5.74) is -4.32. The number of aromatic nitrogens is 4. The zero-order valence-electron chi connectivity index (χ0n) is 21.4. The third-order valence-electron chi connectivity index (χ3n) is 5.87. The predicted molar refractivity (Wildman–Crippen MR) is 136 cm³/mol. The molecule has 0 aromatic carbocycles. The Bertz CT molecular complexity index is 1770. The van der Waals surface area contributed by atoms with Crippen molar-refractivity contribution in [3.63, 3.8) is 0 Å². The first-order valence-electron chi connectivity index (χ1n) is 11.5. The van der Waals surface area contributed by atoms with Gasteiger partial charge in [-0.2, -0.15) is 0 Å². The van der Waals surface area contributed by atoms with Crippen LogP contribution in [0.1, 0.15) is 36.4 Å². The second-order valence-corrected chi connectivity index (χ2v) is 9.78. The fourth-order valence-corrected chi connectivity index (χ4v) is 4.21. The summed E-state index contributed by atoms with van der Waals surface area (Å²) in [7, 11) is 0. The maximum atomic E-state index is 14.4. The van der Waals surface area contributed by atoms with Crippen LogP contribution in [-0.4, -0.2) is 34.4 Å². The summed E-state index contributed by atoms with van der Waals surface area (Å²) < 4.78 is 48.8. The van der Waals surface area contributed by atoms with Crippen molar-refractivity contribution in [3.05, 3.63) is 109 Å². The lowest BCUT2D eigenvalue weighted by atomic mass is 9.99. The normalized spacial score (nSPS) is 12.1. The molecule has 40 heavy (non-hydrogen) atoms. The van der Waals surface area contributed by atoms with Crippen LogP contribution < -0.4 is 15.9 Å². The Balaban J connectivity index is 1.82. The highest BCUT2D eigenvalue weighted by atomic mass is 35.5. The van der Waals surface area contributed by atoms with Crippen molar-refractivity contribution < 1.29 is 33.2 Å². The molecular formula is C26H22ClF3N4O6. The first kappa shape index (κ1) is 29.0. The number of aliphatic hydroxyl groups is 3. The molecule has 0 unspecified atom stereocenters. The largest absolute Gasteiger partial charge is 0.433 e. The Labute approximate surface area is 229 Å². The van der Waals surface area contributed by atoms with E-state index < -0.39 is 62.2 Å². The molecule has 0 saturated heterocycles. The molecule has 0 radical (unpaired) electrons. The van der Waals surface area contributed by atoms with E-state index in [2.05, 4.69) is 9.97 Å². The third-order valence-corrected chi connectivity index (χ3v) is 6.22. The van der Waals surface area contributed by atoms with Crippen molar-refractivity contribution in [3.8, 4) is 17.3 Å². The van der Waals surface area contributed by atoms with E-state index in [0.717, 1.165) is 27.5 Å². The van der Waals surface area contributed by atoms with Gasteiger partial charge < -0.3 is 20.1 Å². The molecule has 4 rings (SSSR count). The van der Waals surface area contributed by atoms with Crippen LogP contribution in [0.3, 0.4) is 0 Å². The fraction of sp³-hybridized carbons (Fsp3) is 0.231. The Morgan fingerprint density at radius 3 is 2.25 bits per heavy atom. The van der Waals surface area contributed by atoms with E-state index in [1.165, 1.54) is 33.0 Å². The van der Waals surface area contributed by atoms with Crippen molar-refractivity contribution in [2.75, 3.05) is 0 Å². The molecular weight excluding hydrogens is 557 g/mol. The standard InChI is InChI=1S/C26H22ClF3N4O6/c1-12-10-31-19(33-6-5-15(29)20(23(33)35)25(3,4)37)9-17(12)34-13(2)7-18(21(27)24(34)36)40-26(38,39)22-16(30)8-14(28)11-32-22/h5-11,37-39H,1-4H3. The highest BCUT2D eigenvalue weighted by Crippen LogP contribution is 2.31. The first-order valence-corrected chi connectivity index (χ1v) is 11.9. The van der Waals surface area contributed by atoms with Gasteiger partial charge in [-0.1, -0.05) is 11.6 Å². The molecule has 0 fully saturated rings. The maximum absolute atomic E-state index is 14.4. The zero-order chi connectivity index (χ0) is 29.7. The summed E-state index contributed by atoms with van der Waals surface area (Å²) >= 11 is 6.21. The van der Waals surface area contributed by atoms with Crippen molar-refractivity contribution >= 4 is 11.6 Å². The van der Waals surface area contributed by atoms with Gasteiger partial charge in [-0.15, -0.1) is 0 Å². The summed E-state index contributed by atoms with van der Waals surface area (Å²) in [4.78, 5) is 33.8. The lowest BCUT2D eigenvalue weighted by molar-refractivity contribution is -0.308. The summed E-state index contributed by atoms with van der Waals surface area (Å²) in [6, 6.07) is 3.86. The third kappa shape index (κ3) is 5.23. The molecule has 4 aromatic heterocycles. The molecule has 0 aliphatic carbocycles. The highest BCUT2D eigenvalue weighted by Gasteiger charge is 2.36. The van der Waals surface area contributed by atoms with Gasteiger partial charge in [0.25, 0.3) is 11.1 Å². The average Bonchev–Trinajstić information content (AvgIpc) is 2.82. The number of nitrogens with zero attached hydrogens (tertiary/aromatic N) is 4. The minimum Gasteiger partial charge on any atom is -0.433 e. The molecule has 14 heteroatoms. The van der Waals surface area contributed by atoms with E-state index in [-0.39, 0.29) is 17.2 Å². The minimum absolute atomic E-state index is 0.0126. The van der Waals surface area contributed by atoms with Crippen LogP contribution in [0.15, 0.2) is 52.4 Å². The summed E-state index contributed by atoms with van der Waals surface area (Å²) in [5.74, 6) is -7.38. The van der Waals surface area contributed by atoms with Crippen LogP contribution in [-0.2, 0) is 11.6 Å². The van der Waals surface area contributed by atoms with Crippen LogP contribution in [0.2, 0.25) is 5.02 Å². The summed E-state index contributed by atoms with van der Waals surface area (Å²) in [6.07, 6.45) is 3.01. The monoisotopic (exact) mass is 578 g/mol. The van der Waals surface area contributed by atoms with Gasteiger partial charge in [0, 0.05) is 36.3 Å². The zero-order valence-corrected chi connectivity index (χ0v) is 22.2. The number of rotatable bonds is 6. The molecule has 0 amide bonds. The predicted octanol–water partition coefficient (Wildman–Crippen LogP) is 2.87. The van der Waals surface area contributed by atoms with E-state index in [1.54, 1.807) is 6.92 Å². The van der Waals surface area contributed by atoms with Gasteiger partial charge in [0.1, 0.15) is 22.5 Å². The lowest BCUT2D eigenvalue weighted by Gasteiger charge is -2.24. The van der Waals surface area contributed by atoms with Crippen LogP contribution in [0.5, 0.6) is 5.75 Å². The van der Waals surface area contributed by atoms with Crippen molar-refractivity contribution in [1.29, 1.82) is 0 Å². The molecule has 3 N–H and O–H groups in total. The molecule has 10 nitrogen and oxygen atoms in total. The van der Waals surface area contributed by atoms with Crippen LogP contribution in [0.4, 0.5) is 13.2 Å². The molecule has 0 atom stereocenters. The number of hydrogen-bond acceptors (Lipinski definition) is 8. The van der Waals surface area contributed by atoms with E-state index in [1.807, 2.05) is 0 Å².